The van der Waals surface area contributed by atoms with Gasteiger partial charge in [0.25, 0.3) is 5.91 Å². The first-order chi connectivity index (χ1) is 18.7. The highest BCUT2D eigenvalue weighted by atomic mass is 16.6. The number of primary amides is 1. The van der Waals surface area contributed by atoms with Gasteiger partial charge in [-0.15, -0.1) is 0 Å². The van der Waals surface area contributed by atoms with Crippen LogP contribution in [0.25, 0.3) is 11.0 Å². The number of ether oxygens (including phenoxy) is 2. The summed E-state index contributed by atoms with van der Waals surface area (Å²) in [6, 6.07) is 4.41. The van der Waals surface area contributed by atoms with Crippen LogP contribution < -0.4 is 31.7 Å². The molecule has 0 saturated carbocycles. The van der Waals surface area contributed by atoms with Crippen LogP contribution in [0.15, 0.2) is 18.2 Å². The quantitative estimate of drug-likeness (QED) is 0.231. The molecule has 0 atom stereocenters. The topological polar surface area (TPSA) is 197 Å². The van der Waals surface area contributed by atoms with E-state index < -0.39 is 24.0 Å². The maximum Gasteiger partial charge on any atom is 0.407 e. The minimum absolute atomic E-state index is 0.208. The lowest BCUT2D eigenvalue weighted by Gasteiger charge is -2.23. The molecule has 0 aliphatic carbocycles. The van der Waals surface area contributed by atoms with Crippen LogP contribution in [0.3, 0.4) is 0 Å². The third-order valence-corrected chi connectivity index (χ3v) is 6.05. The summed E-state index contributed by atoms with van der Waals surface area (Å²) >= 11 is 0. The van der Waals surface area contributed by atoms with E-state index >= 15 is 0 Å². The number of benzene rings is 1. The first-order valence-corrected chi connectivity index (χ1v) is 12.4. The minimum atomic E-state index is -0.645. The molecule has 1 aliphatic rings. The molecule has 3 heterocycles. The van der Waals surface area contributed by atoms with E-state index in [4.69, 9.17) is 15.2 Å². The van der Waals surface area contributed by atoms with Crippen LogP contribution in [0, 0.1) is 6.92 Å². The molecule has 5 amide bonds. The average molecular weight is 542 g/mol. The van der Waals surface area contributed by atoms with E-state index in [0.717, 1.165) is 0 Å². The summed E-state index contributed by atoms with van der Waals surface area (Å²) in [6.45, 7) is 5.22. The first-order valence-electron chi connectivity index (χ1n) is 12.4. The normalized spacial score (nSPS) is 13.5. The molecule has 0 spiro atoms. The third kappa shape index (κ3) is 6.19. The molecular weight excluding hydrogens is 510 g/mol. The van der Waals surface area contributed by atoms with Crippen molar-refractivity contribution >= 4 is 40.9 Å². The number of carbonyl (C=O) groups excluding carboxylic acids is 4. The lowest BCUT2D eigenvalue weighted by atomic mass is 10.1. The van der Waals surface area contributed by atoms with E-state index in [-0.39, 0.29) is 37.2 Å². The van der Waals surface area contributed by atoms with Crippen molar-refractivity contribution < 1.29 is 28.7 Å². The van der Waals surface area contributed by atoms with Crippen LogP contribution in [-0.4, -0.2) is 76.1 Å². The van der Waals surface area contributed by atoms with E-state index in [2.05, 4.69) is 31.3 Å². The molecule has 3 aromatic rings. The zero-order valence-corrected chi connectivity index (χ0v) is 21.9. The van der Waals surface area contributed by atoms with Gasteiger partial charge in [0, 0.05) is 25.2 Å². The molecule has 1 fully saturated rings. The summed E-state index contributed by atoms with van der Waals surface area (Å²) < 4.78 is 14.1. The Morgan fingerprint density at radius 2 is 1.95 bits per heavy atom. The Kier molecular flexibility index (Phi) is 8.17. The van der Waals surface area contributed by atoms with Crippen molar-refractivity contribution in [3.05, 3.63) is 35.2 Å². The molecule has 39 heavy (non-hydrogen) atoms. The molecule has 6 N–H and O–H groups in total. The molecule has 1 saturated heterocycles. The van der Waals surface area contributed by atoms with Crippen molar-refractivity contribution in [3.63, 3.8) is 0 Å². The summed E-state index contributed by atoms with van der Waals surface area (Å²) in [5.41, 5.74) is 7.71. The van der Waals surface area contributed by atoms with Crippen molar-refractivity contribution in [2.75, 3.05) is 32.1 Å². The second kappa shape index (κ2) is 11.7. The van der Waals surface area contributed by atoms with Gasteiger partial charge < -0.3 is 35.7 Å². The molecule has 2 aromatic heterocycles. The zero-order chi connectivity index (χ0) is 28.1. The Morgan fingerprint density at radius 1 is 1.21 bits per heavy atom. The summed E-state index contributed by atoms with van der Waals surface area (Å²) in [5, 5.41) is 15.0. The van der Waals surface area contributed by atoms with Gasteiger partial charge in [-0.05, 0) is 38.5 Å². The van der Waals surface area contributed by atoms with Gasteiger partial charge >= 0.3 is 12.1 Å². The number of rotatable bonds is 10. The highest BCUT2D eigenvalue weighted by molar-refractivity contribution is 6.04. The number of fused-ring (bicyclic) bond motifs is 1. The lowest BCUT2D eigenvalue weighted by molar-refractivity contribution is 0.0912. The number of aromatic nitrogens is 4. The molecule has 4 rings (SSSR count). The van der Waals surface area contributed by atoms with Crippen LogP contribution in [0.1, 0.15) is 39.9 Å². The van der Waals surface area contributed by atoms with Crippen LogP contribution >= 0.6 is 0 Å². The Hall–Kier alpha value is -4.82. The molecule has 15 nitrogen and oxygen atoms in total. The van der Waals surface area contributed by atoms with Gasteiger partial charge in [-0.1, -0.05) is 0 Å². The summed E-state index contributed by atoms with van der Waals surface area (Å²) in [6.07, 6.45) is -0.657. The predicted octanol–water partition coefficient (Wildman–Crippen LogP) is 0.719. The van der Waals surface area contributed by atoms with E-state index in [9.17, 15) is 19.2 Å². The Balaban J connectivity index is 1.53. The van der Waals surface area contributed by atoms with Crippen LogP contribution in [-0.2, 0) is 17.8 Å². The maximum absolute atomic E-state index is 13.2. The van der Waals surface area contributed by atoms with E-state index in [1.165, 1.54) is 19.2 Å². The number of nitrogens with zero attached hydrogens (tertiary/aromatic N) is 4. The number of urea groups is 1. The summed E-state index contributed by atoms with van der Waals surface area (Å²) in [4.78, 5) is 52.9. The molecule has 208 valence electrons. The van der Waals surface area contributed by atoms with Crippen LogP contribution in [0.2, 0.25) is 0 Å². The number of methoxy groups -OCH3 is 1. The van der Waals surface area contributed by atoms with Gasteiger partial charge in [-0.3, -0.25) is 19.6 Å². The molecular formula is C24H31N9O6. The number of alkyl carbamates (subject to hydrolysis) is 1. The van der Waals surface area contributed by atoms with Crippen LogP contribution in [0.5, 0.6) is 5.75 Å². The largest absolute Gasteiger partial charge is 0.494 e. The smallest absolute Gasteiger partial charge is 0.407 e. The fraction of sp³-hybridized carbons (Fsp3) is 0.417. The van der Waals surface area contributed by atoms with Crippen LogP contribution in [0.4, 0.5) is 15.5 Å². The molecule has 1 aliphatic heterocycles. The minimum Gasteiger partial charge on any atom is -0.494 e. The Labute approximate surface area is 223 Å². The van der Waals surface area contributed by atoms with E-state index in [1.54, 1.807) is 22.2 Å². The maximum atomic E-state index is 13.2. The number of carbonyl (C=O) groups is 4. The standard InChI is InChI=1S/C24H31N9O6/c1-4-33-17(8-13(2)31-33)21(35)30-22-29-16-9-14(20(25)34)10-18(38-3)19(16)32(22)7-5-6-26-24(37)39-15-11-27-23(36)28-12-15/h8-10,15H,4-7,11-12H2,1-3H3,(H2,25,34)(H,26,37)(H2,27,28,36)(H,29,30,35). The number of nitrogens with one attached hydrogen (secondary N) is 4. The van der Waals surface area contributed by atoms with Crippen molar-refractivity contribution in [1.29, 1.82) is 0 Å². The van der Waals surface area contributed by atoms with Crippen molar-refractivity contribution in [2.24, 2.45) is 5.73 Å². The van der Waals surface area contributed by atoms with Gasteiger partial charge in [0.1, 0.15) is 23.1 Å². The molecule has 0 unspecified atom stereocenters. The fourth-order valence-electron chi connectivity index (χ4n) is 4.23. The fourth-order valence-corrected chi connectivity index (χ4v) is 4.23. The van der Waals surface area contributed by atoms with Gasteiger partial charge in [0.2, 0.25) is 11.9 Å². The number of aryl methyl sites for hydroxylation is 3. The van der Waals surface area contributed by atoms with E-state index in [1.807, 2.05) is 6.92 Å². The third-order valence-electron chi connectivity index (χ3n) is 6.05. The van der Waals surface area contributed by atoms with Gasteiger partial charge in [-0.25, -0.2) is 14.6 Å². The Bertz CT molecular complexity index is 1400. The summed E-state index contributed by atoms with van der Waals surface area (Å²) in [5.74, 6) is -0.475. The first kappa shape index (κ1) is 27.2. The number of hydrogen-bond donors (Lipinski definition) is 5. The van der Waals surface area contributed by atoms with E-state index in [0.29, 0.717) is 47.7 Å². The lowest BCUT2D eigenvalue weighted by Crippen LogP contribution is -2.53. The second-order valence-corrected chi connectivity index (χ2v) is 8.84. The van der Waals surface area contributed by atoms with Gasteiger partial charge in [0.05, 0.1) is 31.4 Å². The zero-order valence-electron chi connectivity index (χ0n) is 21.9. The molecule has 0 bridgehead atoms. The monoisotopic (exact) mass is 541 g/mol. The Morgan fingerprint density at radius 3 is 2.62 bits per heavy atom. The van der Waals surface area contributed by atoms with Crippen molar-refractivity contribution in [1.82, 2.24) is 35.3 Å². The number of anilines is 1. The second-order valence-electron chi connectivity index (χ2n) is 8.84. The predicted molar refractivity (Wildman–Crippen MR) is 140 cm³/mol. The number of amides is 5. The summed E-state index contributed by atoms with van der Waals surface area (Å²) in [7, 11) is 1.46. The van der Waals surface area contributed by atoms with Crippen molar-refractivity contribution in [2.45, 2.75) is 39.5 Å². The van der Waals surface area contributed by atoms with Crippen molar-refractivity contribution in [3.8, 4) is 5.75 Å². The highest BCUT2D eigenvalue weighted by Gasteiger charge is 2.23. The number of nitrogens with two attached hydrogens (primary N) is 1. The average Bonchev–Trinajstić information content (AvgIpc) is 3.46. The molecule has 0 radical (unpaired) electrons. The molecule has 15 heteroatoms. The van der Waals surface area contributed by atoms with Gasteiger partial charge in [-0.2, -0.15) is 5.10 Å². The SMILES string of the molecule is CCn1nc(C)cc1C(=O)Nc1nc2cc(C(N)=O)cc(OC)c2n1CCCNC(=O)OC1CNC(=O)NC1. The van der Waals surface area contributed by atoms with Gasteiger partial charge in [0.15, 0.2) is 0 Å². The number of hydrogen-bond acceptors (Lipinski definition) is 8. The highest BCUT2D eigenvalue weighted by Crippen LogP contribution is 2.31. The molecule has 1 aromatic carbocycles. The number of imidazole rings is 1.